The summed E-state index contributed by atoms with van der Waals surface area (Å²) in [6.07, 6.45) is 4.94. The minimum atomic E-state index is -3.49. The molecule has 0 bridgehead atoms. The van der Waals surface area contributed by atoms with Crippen LogP contribution in [-0.4, -0.2) is 25.9 Å². The number of hydrogen-bond donors (Lipinski definition) is 1. The van der Waals surface area contributed by atoms with E-state index < -0.39 is 21.2 Å². The highest BCUT2D eigenvalue weighted by Gasteiger charge is 2.30. The number of sulfone groups is 1. The SMILES string of the molecule is C#CCC(O)C(c1ccc(C#N)cc1)S(C)(=O)=O. The summed E-state index contributed by atoms with van der Waals surface area (Å²) in [6.45, 7) is 0. The summed E-state index contributed by atoms with van der Waals surface area (Å²) in [5, 5.41) is 17.4. The third-order valence-electron chi connectivity index (χ3n) is 2.51. The molecular weight excluding hydrogens is 250 g/mol. The van der Waals surface area contributed by atoms with Gasteiger partial charge >= 0.3 is 0 Å². The smallest absolute Gasteiger partial charge is 0.157 e. The minimum Gasteiger partial charge on any atom is -0.390 e. The van der Waals surface area contributed by atoms with Gasteiger partial charge in [0.25, 0.3) is 0 Å². The van der Waals surface area contributed by atoms with Crippen molar-refractivity contribution >= 4 is 9.84 Å². The number of nitriles is 1. The second-order valence-electron chi connectivity index (χ2n) is 3.96. The number of benzene rings is 1. The van der Waals surface area contributed by atoms with Gasteiger partial charge in [-0.05, 0) is 17.7 Å². The van der Waals surface area contributed by atoms with Gasteiger partial charge in [0.2, 0.25) is 0 Å². The molecule has 0 saturated heterocycles. The van der Waals surface area contributed by atoms with Crippen LogP contribution in [-0.2, 0) is 9.84 Å². The van der Waals surface area contributed by atoms with Gasteiger partial charge in [-0.1, -0.05) is 12.1 Å². The fraction of sp³-hybridized carbons (Fsp3) is 0.308. The predicted octanol–water partition coefficient (Wildman–Crippen LogP) is 1.03. The zero-order valence-electron chi connectivity index (χ0n) is 9.87. The highest BCUT2D eigenvalue weighted by atomic mass is 32.2. The fourth-order valence-electron chi connectivity index (χ4n) is 1.73. The van der Waals surface area contributed by atoms with E-state index >= 15 is 0 Å². The maximum absolute atomic E-state index is 11.7. The zero-order valence-corrected chi connectivity index (χ0v) is 10.7. The lowest BCUT2D eigenvalue weighted by Gasteiger charge is -2.20. The lowest BCUT2D eigenvalue weighted by molar-refractivity contribution is 0.174. The number of aliphatic hydroxyl groups excluding tert-OH is 1. The van der Waals surface area contributed by atoms with E-state index in [-0.39, 0.29) is 6.42 Å². The largest absolute Gasteiger partial charge is 0.390 e. The van der Waals surface area contributed by atoms with E-state index in [2.05, 4.69) is 5.92 Å². The highest BCUT2D eigenvalue weighted by Crippen LogP contribution is 2.27. The molecule has 94 valence electrons. The van der Waals surface area contributed by atoms with Crippen LogP contribution in [0.1, 0.15) is 22.8 Å². The first-order valence-corrected chi connectivity index (χ1v) is 7.16. The van der Waals surface area contributed by atoms with Crippen LogP contribution in [0.2, 0.25) is 0 Å². The molecule has 0 aliphatic rings. The molecule has 0 aliphatic carbocycles. The van der Waals surface area contributed by atoms with Crippen molar-refractivity contribution in [1.82, 2.24) is 0 Å². The molecule has 5 heteroatoms. The highest BCUT2D eigenvalue weighted by molar-refractivity contribution is 7.91. The third-order valence-corrected chi connectivity index (χ3v) is 4.01. The van der Waals surface area contributed by atoms with E-state index in [9.17, 15) is 13.5 Å². The van der Waals surface area contributed by atoms with Crippen LogP contribution in [0.4, 0.5) is 0 Å². The molecule has 0 heterocycles. The quantitative estimate of drug-likeness (QED) is 0.823. The Bertz CT molecular complexity index is 591. The second-order valence-corrected chi connectivity index (χ2v) is 6.13. The Hall–Kier alpha value is -1.82. The maximum Gasteiger partial charge on any atom is 0.157 e. The summed E-state index contributed by atoms with van der Waals surface area (Å²) in [5.74, 6) is 2.25. The molecule has 1 N–H and O–H groups in total. The normalized spacial score (nSPS) is 14.2. The number of terminal acetylenes is 1. The molecule has 1 aromatic carbocycles. The number of nitrogens with zero attached hydrogens (tertiary/aromatic N) is 1. The predicted molar refractivity (Wildman–Crippen MR) is 68.2 cm³/mol. The van der Waals surface area contributed by atoms with Crippen LogP contribution in [0, 0.1) is 23.7 Å². The number of aliphatic hydroxyl groups is 1. The van der Waals surface area contributed by atoms with Crippen molar-refractivity contribution in [1.29, 1.82) is 5.26 Å². The van der Waals surface area contributed by atoms with E-state index in [0.717, 1.165) is 6.26 Å². The second kappa shape index (κ2) is 5.68. The molecule has 18 heavy (non-hydrogen) atoms. The molecule has 0 saturated carbocycles. The standard InChI is InChI=1S/C13H13NO3S/c1-3-4-12(15)13(18(2,16)17)11-7-5-10(9-14)6-8-11/h1,5-8,12-13,15H,4H2,2H3. The first-order valence-electron chi connectivity index (χ1n) is 5.20. The Balaban J connectivity index is 3.19. The lowest BCUT2D eigenvalue weighted by Crippen LogP contribution is -2.25. The molecule has 2 unspecified atom stereocenters. The first kappa shape index (κ1) is 14.2. The van der Waals surface area contributed by atoms with Crippen LogP contribution in [0.3, 0.4) is 0 Å². The zero-order chi connectivity index (χ0) is 13.8. The lowest BCUT2D eigenvalue weighted by atomic mass is 10.0. The van der Waals surface area contributed by atoms with E-state index in [4.69, 9.17) is 11.7 Å². The number of hydrogen-bond acceptors (Lipinski definition) is 4. The molecule has 0 amide bonds. The summed E-state index contributed by atoms with van der Waals surface area (Å²) < 4.78 is 23.4. The summed E-state index contributed by atoms with van der Waals surface area (Å²) in [6, 6.07) is 8.00. The van der Waals surface area contributed by atoms with Crippen LogP contribution in [0.15, 0.2) is 24.3 Å². The van der Waals surface area contributed by atoms with Gasteiger partial charge in [-0.3, -0.25) is 0 Å². The van der Waals surface area contributed by atoms with Gasteiger partial charge in [0.1, 0.15) is 5.25 Å². The van der Waals surface area contributed by atoms with E-state index in [1.54, 1.807) is 0 Å². The van der Waals surface area contributed by atoms with Crippen LogP contribution in [0.25, 0.3) is 0 Å². The fourth-order valence-corrected chi connectivity index (χ4v) is 3.05. The van der Waals surface area contributed by atoms with Crippen LogP contribution in [0.5, 0.6) is 0 Å². The summed E-state index contributed by atoms with van der Waals surface area (Å²) in [5.41, 5.74) is 0.858. The van der Waals surface area contributed by atoms with Crippen molar-refractivity contribution in [3.05, 3.63) is 35.4 Å². The van der Waals surface area contributed by atoms with Gasteiger partial charge in [-0.25, -0.2) is 8.42 Å². The molecule has 0 aromatic heterocycles. The minimum absolute atomic E-state index is 0.0439. The van der Waals surface area contributed by atoms with Gasteiger partial charge in [0.05, 0.1) is 17.7 Å². The Labute approximate surface area is 107 Å². The van der Waals surface area contributed by atoms with Crippen molar-refractivity contribution in [2.45, 2.75) is 17.8 Å². The van der Waals surface area contributed by atoms with E-state index in [1.165, 1.54) is 24.3 Å². The molecule has 0 aliphatic heterocycles. The Morgan fingerprint density at radius 1 is 1.39 bits per heavy atom. The molecular formula is C13H13NO3S. The Morgan fingerprint density at radius 2 is 1.94 bits per heavy atom. The van der Waals surface area contributed by atoms with Gasteiger partial charge in [-0.2, -0.15) is 5.26 Å². The molecule has 0 spiro atoms. The number of rotatable bonds is 4. The van der Waals surface area contributed by atoms with Gasteiger partial charge in [0, 0.05) is 12.7 Å². The molecule has 1 rings (SSSR count). The van der Waals surface area contributed by atoms with Crippen molar-refractivity contribution in [3.63, 3.8) is 0 Å². The molecule has 1 aromatic rings. The maximum atomic E-state index is 11.7. The van der Waals surface area contributed by atoms with E-state index in [0.29, 0.717) is 11.1 Å². The first-order chi connectivity index (χ1) is 8.40. The Morgan fingerprint density at radius 3 is 2.33 bits per heavy atom. The molecule has 0 radical (unpaired) electrons. The van der Waals surface area contributed by atoms with Crippen molar-refractivity contribution in [2.75, 3.05) is 6.26 Å². The van der Waals surface area contributed by atoms with Gasteiger partial charge in [0.15, 0.2) is 9.84 Å². The van der Waals surface area contributed by atoms with Gasteiger partial charge < -0.3 is 5.11 Å². The van der Waals surface area contributed by atoms with Crippen molar-refractivity contribution in [2.24, 2.45) is 0 Å². The van der Waals surface area contributed by atoms with Crippen molar-refractivity contribution < 1.29 is 13.5 Å². The summed E-state index contributed by atoms with van der Waals surface area (Å²) in [7, 11) is -3.49. The van der Waals surface area contributed by atoms with E-state index in [1.807, 2.05) is 6.07 Å². The topological polar surface area (TPSA) is 78.2 Å². The summed E-state index contributed by atoms with van der Waals surface area (Å²) in [4.78, 5) is 0. The van der Waals surface area contributed by atoms with Gasteiger partial charge in [-0.15, -0.1) is 12.3 Å². The van der Waals surface area contributed by atoms with Crippen molar-refractivity contribution in [3.8, 4) is 18.4 Å². The molecule has 2 atom stereocenters. The summed E-state index contributed by atoms with van der Waals surface area (Å²) >= 11 is 0. The van der Waals surface area contributed by atoms with Crippen LogP contribution < -0.4 is 0 Å². The monoisotopic (exact) mass is 263 g/mol. The Kier molecular flexibility index (Phi) is 4.49. The molecule has 4 nitrogen and oxygen atoms in total. The molecule has 0 fully saturated rings. The van der Waals surface area contributed by atoms with Crippen LogP contribution >= 0.6 is 0 Å². The average Bonchev–Trinajstić information content (AvgIpc) is 2.28. The average molecular weight is 263 g/mol. The third kappa shape index (κ3) is 3.33.